The number of carboxylic acid groups (broad SMARTS) is 1. The number of unbranched alkanes of at least 4 members (excludes halogenated alkanes) is 1. The molecule has 0 radical (unpaired) electrons. The monoisotopic (exact) mass is 282 g/mol. The Kier molecular flexibility index (Phi) is 6.21. The Bertz CT molecular complexity index is 448. The molecule has 2 N–H and O–H groups in total. The Balaban J connectivity index is 2.29. The van der Waals surface area contributed by atoms with Crippen LogP contribution in [0.25, 0.3) is 0 Å². The molecule has 1 amide bonds. The van der Waals surface area contributed by atoms with Crippen LogP contribution in [0, 0.1) is 13.8 Å². The van der Waals surface area contributed by atoms with E-state index in [4.69, 9.17) is 9.63 Å². The molecule has 1 unspecified atom stereocenters. The third-order valence-corrected chi connectivity index (χ3v) is 3.23. The first-order chi connectivity index (χ1) is 9.41. The molecular weight excluding hydrogens is 260 g/mol. The van der Waals surface area contributed by atoms with Crippen LogP contribution >= 0.6 is 0 Å². The van der Waals surface area contributed by atoms with Crippen LogP contribution in [0.1, 0.15) is 55.5 Å². The van der Waals surface area contributed by atoms with Crippen LogP contribution in [0.4, 0.5) is 0 Å². The van der Waals surface area contributed by atoms with Crippen molar-refractivity contribution in [2.45, 2.75) is 52.4 Å². The van der Waals surface area contributed by atoms with E-state index in [2.05, 4.69) is 10.5 Å². The van der Waals surface area contributed by atoms with E-state index < -0.39 is 5.97 Å². The van der Waals surface area contributed by atoms with Crippen LogP contribution in [0.5, 0.6) is 0 Å². The standard InChI is InChI=1S/C14H22N2O4/c1-9(14-10(2)16-20-11(14)3)8-15-12(17)6-4-5-7-13(18)19/h9H,4-8H2,1-3H3,(H,15,17)(H,18,19). The van der Waals surface area contributed by atoms with Gasteiger partial charge in [0.15, 0.2) is 0 Å². The van der Waals surface area contributed by atoms with Gasteiger partial charge in [-0.05, 0) is 26.7 Å². The summed E-state index contributed by atoms with van der Waals surface area (Å²) in [6, 6.07) is 0. The average molecular weight is 282 g/mol. The zero-order valence-corrected chi connectivity index (χ0v) is 12.2. The van der Waals surface area contributed by atoms with Crippen molar-refractivity contribution in [3.8, 4) is 0 Å². The van der Waals surface area contributed by atoms with Gasteiger partial charge >= 0.3 is 5.97 Å². The molecule has 6 heteroatoms. The molecule has 0 aliphatic heterocycles. The Morgan fingerprint density at radius 2 is 1.95 bits per heavy atom. The van der Waals surface area contributed by atoms with Gasteiger partial charge in [-0.2, -0.15) is 0 Å². The minimum atomic E-state index is -0.822. The van der Waals surface area contributed by atoms with Crippen LogP contribution in [0.15, 0.2) is 4.52 Å². The quantitative estimate of drug-likeness (QED) is 0.713. The lowest BCUT2D eigenvalue weighted by molar-refractivity contribution is -0.137. The lowest BCUT2D eigenvalue weighted by atomic mass is 9.99. The van der Waals surface area contributed by atoms with Gasteiger partial charge in [-0.3, -0.25) is 9.59 Å². The number of aryl methyl sites for hydroxylation is 2. The Labute approximate surface area is 118 Å². The summed E-state index contributed by atoms with van der Waals surface area (Å²) in [7, 11) is 0. The number of carboxylic acids is 1. The molecule has 0 aliphatic carbocycles. The number of hydrogen-bond acceptors (Lipinski definition) is 4. The number of nitrogens with zero attached hydrogens (tertiary/aromatic N) is 1. The molecule has 1 rings (SSSR count). The van der Waals surface area contributed by atoms with Crippen LogP contribution in [0.2, 0.25) is 0 Å². The van der Waals surface area contributed by atoms with Crippen molar-refractivity contribution < 1.29 is 19.2 Å². The number of carbonyl (C=O) groups excluding carboxylic acids is 1. The fourth-order valence-corrected chi connectivity index (χ4v) is 2.21. The molecule has 1 heterocycles. The second-order valence-corrected chi connectivity index (χ2v) is 5.04. The van der Waals surface area contributed by atoms with E-state index in [0.29, 0.717) is 25.8 Å². The van der Waals surface area contributed by atoms with Gasteiger partial charge in [0.2, 0.25) is 5.91 Å². The van der Waals surface area contributed by atoms with Crippen molar-refractivity contribution >= 4 is 11.9 Å². The van der Waals surface area contributed by atoms with E-state index in [1.54, 1.807) is 0 Å². The Morgan fingerprint density at radius 1 is 1.30 bits per heavy atom. The maximum absolute atomic E-state index is 11.6. The summed E-state index contributed by atoms with van der Waals surface area (Å²) in [6.07, 6.45) is 1.60. The fourth-order valence-electron chi connectivity index (χ4n) is 2.21. The highest BCUT2D eigenvalue weighted by Gasteiger charge is 2.16. The van der Waals surface area contributed by atoms with Gasteiger partial charge < -0.3 is 14.9 Å². The first-order valence-corrected chi connectivity index (χ1v) is 6.83. The van der Waals surface area contributed by atoms with Crippen molar-refractivity contribution in [1.82, 2.24) is 10.5 Å². The van der Waals surface area contributed by atoms with Crippen molar-refractivity contribution in [3.05, 3.63) is 17.0 Å². The first-order valence-electron chi connectivity index (χ1n) is 6.83. The van der Waals surface area contributed by atoms with Crippen molar-refractivity contribution in [1.29, 1.82) is 0 Å². The average Bonchev–Trinajstić information content (AvgIpc) is 2.71. The van der Waals surface area contributed by atoms with Crippen molar-refractivity contribution in [3.63, 3.8) is 0 Å². The van der Waals surface area contributed by atoms with E-state index >= 15 is 0 Å². The second-order valence-electron chi connectivity index (χ2n) is 5.04. The molecule has 1 atom stereocenters. The van der Waals surface area contributed by atoms with E-state index in [9.17, 15) is 9.59 Å². The molecule has 0 fully saturated rings. The lowest BCUT2D eigenvalue weighted by Gasteiger charge is -2.12. The first kappa shape index (κ1) is 16.2. The van der Waals surface area contributed by atoms with Crippen molar-refractivity contribution in [2.24, 2.45) is 0 Å². The highest BCUT2D eigenvalue weighted by atomic mass is 16.5. The third-order valence-electron chi connectivity index (χ3n) is 3.23. The summed E-state index contributed by atoms with van der Waals surface area (Å²) in [6.45, 7) is 6.29. The number of aromatic nitrogens is 1. The molecule has 0 aromatic carbocycles. The van der Waals surface area contributed by atoms with Gasteiger partial charge in [-0.1, -0.05) is 12.1 Å². The summed E-state index contributed by atoms with van der Waals surface area (Å²) in [5.41, 5.74) is 1.89. The fraction of sp³-hybridized carbons (Fsp3) is 0.643. The molecule has 6 nitrogen and oxygen atoms in total. The molecule has 0 saturated carbocycles. The Morgan fingerprint density at radius 3 is 2.50 bits per heavy atom. The summed E-state index contributed by atoms with van der Waals surface area (Å²) in [4.78, 5) is 22.0. The van der Waals surface area contributed by atoms with E-state index in [-0.39, 0.29) is 18.2 Å². The normalized spacial score (nSPS) is 12.2. The number of nitrogens with one attached hydrogen (secondary N) is 1. The maximum Gasteiger partial charge on any atom is 0.303 e. The van der Waals surface area contributed by atoms with Crippen molar-refractivity contribution in [2.75, 3.05) is 6.54 Å². The van der Waals surface area contributed by atoms with Gasteiger partial charge in [-0.15, -0.1) is 0 Å². The Hall–Kier alpha value is -1.85. The van der Waals surface area contributed by atoms with Crippen LogP contribution < -0.4 is 5.32 Å². The third kappa shape index (κ3) is 5.03. The van der Waals surface area contributed by atoms with E-state index in [1.807, 2.05) is 20.8 Å². The molecular formula is C14H22N2O4. The van der Waals surface area contributed by atoms with E-state index in [0.717, 1.165) is 17.0 Å². The van der Waals surface area contributed by atoms with Gasteiger partial charge in [0.05, 0.1) is 5.69 Å². The lowest BCUT2D eigenvalue weighted by Crippen LogP contribution is -2.27. The summed E-state index contributed by atoms with van der Waals surface area (Å²) in [5.74, 6) is 0.0568. The minimum absolute atomic E-state index is 0.0472. The number of aliphatic carboxylic acids is 1. The van der Waals surface area contributed by atoms with Gasteiger partial charge in [0, 0.05) is 30.9 Å². The zero-order valence-electron chi connectivity index (χ0n) is 12.2. The van der Waals surface area contributed by atoms with Crippen LogP contribution in [-0.2, 0) is 9.59 Å². The van der Waals surface area contributed by atoms with E-state index in [1.165, 1.54) is 0 Å². The predicted octanol–water partition coefficient (Wildman–Crippen LogP) is 2.16. The largest absolute Gasteiger partial charge is 0.481 e. The molecule has 0 spiro atoms. The molecule has 20 heavy (non-hydrogen) atoms. The summed E-state index contributed by atoms with van der Waals surface area (Å²) >= 11 is 0. The SMILES string of the molecule is Cc1noc(C)c1C(C)CNC(=O)CCCCC(=O)O. The molecule has 0 aliphatic rings. The zero-order chi connectivity index (χ0) is 15.1. The van der Waals surface area contributed by atoms with Crippen LogP contribution in [0.3, 0.4) is 0 Å². The summed E-state index contributed by atoms with van der Waals surface area (Å²) in [5, 5.41) is 15.3. The molecule has 112 valence electrons. The summed E-state index contributed by atoms with van der Waals surface area (Å²) < 4.78 is 5.11. The van der Waals surface area contributed by atoms with Crippen LogP contribution in [-0.4, -0.2) is 28.7 Å². The molecule has 1 aromatic rings. The molecule has 0 saturated heterocycles. The molecule has 0 bridgehead atoms. The number of amides is 1. The van der Waals surface area contributed by atoms with Gasteiger partial charge in [0.1, 0.15) is 5.76 Å². The number of carbonyl (C=O) groups is 2. The number of hydrogen-bond donors (Lipinski definition) is 2. The smallest absolute Gasteiger partial charge is 0.303 e. The second kappa shape index (κ2) is 7.67. The topological polar surface area (TPSA) is 92.4 Å². The number of rotatable bonds is 8. The highest BCUT2D eigenvalue weighted by molar-refractivity contribution is 5.76. The van der Waals surface area contributed by atoms with Gasteiger partial charge in [0.25, 0.3) is 0 Å². The highest BCUT2D eigenvalue weighted by Crippen LogP contribution is 2.22. The molecule has 1 aromatic heterocycles. The van der Waals surface area contributed by atoms with Gasteiger partial charge in [-0.25, -0.2) is 0 Å². The predicted molar refractivity (Wildman–Crippen MR) is 73.5 cm³/mol. The maximum atomic E-state index is 11.6. The minimum Gasteiger partial charge on any atom is -0.481 e.